The lowest BCUT2D eigenvalue weighted by molar-refractivity contribution is -0.136. The molecule has 0 aromatic rings. The number of carboxylic acids is 1. The fraction of sp³-hybridized carbons (Fsp3) is 0.938. The average Bonchev–Trinajstić information content (AvgIpc) is 2.38. The first-order valence-corrected chi connectivity index (χ1v) is 12.8. The molecule has 0 rings (SSSR count). The summed E-state index contributed by atoms with van der Waals surface area (Å²) >= 11 is 1.85. The van der Waals surface area contributed by atoms with Crippen molar-refractivity contribution in [2.24, 2.45) is 0 Å². The van der Waals surface area contributed by atoms with Crippen LogP contribution in [0.2, 0.25) is 19.1 Å². The van der Waals surface area contributed by atoms with Crippen LogP contribution in [0.15, 0.2) is 0 Å². The van der Waals surface area contributed by atoms with Crippen LogP contribution < -0.4 is 0 Å². The van der Waals surface area contributed by atoms with Gasteiger partial charge in [-0.05, 0) is 5.38 Å². The standard InChI is InChI=1S/C16H34O2SSi/c1-4-5-6-7-8-9-10-11-14-20(2,3)15-19-13-12-16(17)18/h4-15H2,1-3H3,(H,17,18). The molecular formula is C16H34O2SSi. The monoisotopic (exact) mass is 318 g/mol. The molecule has 0 radical (unpaired) electrons. The lowest BCUT2D eigenvalue weighted by atomic mass is 10.1. The van der Waals surface area contributed by atoms with Gasteiger partial charge in [0.15, 0.2) is 0 Å². The summed E-state index contributed by atoms with van der Waals surface area (Å²) < 4.78 is 0. The van der Waals surface area contributed by atoms with E-state index in [0.29, 0.717) is 6.42 Å². The van der Waals surface area contributed by atoms with Gasteiger partial charge in [0.1, 0.15) is 0 Å². The second-order valence-electron chi connectivity index (χ2n) is 6.59. The molecule has 0 aliphatic carbocycles. The second kappa shape index (κ2) is 12.8. The Kier molecular flexibility index (Phi) is 12.8. The van der Waals surface area contributed by atoms with Crippen molar-refractivity contribution in [3.8, 4) is 0 Å². The lowest BCUT2D eigenvalue weighted by Crippen LogP contribution is -2.29. The summed E-state index contributed by atoms with van der Waals surface area (Å²) in [5.41, 5.74) is 0. The second-order valence-corrected chi connectivity index (χ2v) is 13.4. The zero-order chi connectivity index (χ0) is 15.3. The van der Waals surface area contributed by atoms with Crippen molar-refractivity contribution in [3.63, 3.8) is 0 Å². The van der Waals surface area contributed by atoms with Gasteiger partial charge in [0.2, 0.25) is 0 Å². The van der Waals surface area contributed by atoms with E-state index in [-0.39, 0.29) is 0 Å². The smallest absolute Gasteiger partial charge is 0.304 e. The third-order valence-corrected chi connectivity index (χ3v) is 9.80. The summed E-state index contributed by atoms with van der Waals surface area (Å²) in [6.45, 7) is 7.16. The van der Waals surface area contributed by atoms with Crippen molar-refractivity contribution >= 4 is 25.8 Å². The Morgan fingerprint density at radius 1 is 1.00 bits per heavy atom. The third-order valence-electron chi connectivity index (χ3n) is 3.66. The normalized spacial score (nSPS) is 11.8. The molecule has 1 N–H and O–H groups in total. The Balaban J connectivity index is 3.40. The lowest BCUT2D eigenvalue weighted by Gasteiger charge is -2.21. The fourth-order valence-electron chi connectivity index (χ4n) is 2.32. The summed E-state index contributed by atoms with van der Waals surface area (Å²) in [5, 5.41) is 9.84. The number of thioether (sulfide) groups is 1. The van der Waals surface area contributed by atoms with Crippen LogP contribution >= 0.6 is 11.8 Å². The van der Waals surface area contributed by atoms with Gasteiger partial charge in [-0.15, -0.1) is 0 Å². The SMILES string of the molecule is CCCCCCCCCC[Si](C)(C)CSCCC(=O)O. The summed E-state index contributed by atoms with van der Waals surface area (Å²) in [6, 6.07) is 1.40. The van der Waals surface area contributed by atoms with Gasteiger partial charge in [0.05, 0.1) is 14.5 Å². The minimum Gasteiger partial charge on any atom is -0.481 e. The van der Waals surface area contributed by atoms with Gasteiger partial charge in [0, 0.05) is 5.75 Å². The van der Waals surface area contributed by atoms with Crippen LogP contribution in [0.1, 0.15) is 64.7 Å². The maximum absolute atomic E-state index is 10.5. The molecule has 0 saturated heterocycles. The number of unbranched alkanes of at least 4 members (excludes halogenated alkanes) is 7. The summed E-state index contributed by atoms with van der Waals surface area (Å²) in [7, 11) is -1.09. The molecule has 0 fully saturated rings. The van der Waals surface area contributed by atoms with Crippen molar-refractivity contribution in [1.82, 2.24) is 0 Å². The van der Waals surface area contributed by atoms with E-state index < -0.39 is 14.0 Å². The molecular weight excluding hydrogens is 284 g/mol. The average molecular weight is 319 g/mol. The number of carbonyl (C=O) groups is 1. The number of hydrogen-bond donors (Lipinski definition) is 1. The highest BCUT2D eigenvalue weighted by molar-refractivity contribution is 8.00. The van der Waals surface area contributed by atoms with Gasteiger partial charge < -0.3 is 5.11 Å². The van der Waals surface area contributed by atoms with Crippen LogP contribution in [0.4, 0.5) is 0 Å². The van der Waals surface area contributed by atoms with Crippen LogP contribution in [0.25, 0.3) is 0 Å². The largest absolute Gasteiger partial charge is 0.481 e. The summed E-state index contributed by atoms with van der Waals surface area (Å²) in [4.78, 5) is 10.5. The quantitative estimate of drug-likeness (QED) is 0.335. The van der Waals surface area contributed by atoms with E-state index in [1.165, 1.54) is 62.8 Å². The molecule has 0 amide bonds. The van der Waals surface area contributed by atoms with E-state index in [1.807, 2.05) is 11.8 Å². The Labute approximate surface area is 131 Å². The van der Waals surface area contributed by atoms with Gasteiger partial charge >= 0.3 is 5.97 Å². The van der Waals surface area contributed by atoms with E-state index in [0.717, 1.165) is 5.75 Å². The Hall–Kier alpha value is 0.0369. The fourth-order valence-corrected chi connectivity index (χ4v) is 7.21. The molecule has 0 atom stereocenters. The Morgan fingerprint density at radius 2 is 1.55 bits per heavy atom. The molecule has 0 aromatic carbocycles. The molecule has 120 valence electrons. The molecule has 0 unspecified atom stereocenters. The summed E-state index contributed by atoms with van der Waals surface area (Å²) in [6.07, 6.45) is 11.5. The highest BCUT2D eigenvalue weighted by Gasteiger charge is 2.19. The molecule has 0 saturated carbocycles. The minimum absolute atomic E-state index is 0.312. The topological polar surface area (TPSA) is 37.3 Å². The predicted octanol–water partition coefficient (Wildman–Crippen LogP) is 5.58. The van der Waals surface area contributed by atoms with E-state index in [1.54, 1.807) is 0 Å². The zero-order valence-corrected chi connectivity index (χ0v) is 15.6. The van der Waals surface area contributed by atoms with E-state index in [9.17, 15) is 4.79 Å². The first-order valence-electron chi connectivity index (χ1n) is 8.27. The van der Waals surface area contributed by atoms with Gasteiger partial charge in [-0.2, -0.15) is 11.8 Å². The Bertz CT molecular complexity index is 245. The zero-order valence-electron chi connectivity index (χ0n) is 13.7. The molecule has 2 nitrogen and oxygen atoms in total. The summed E-state index contributed by atoms with van der Waals surface area (Å²) in [5.74, 6) is 0.114. The third kappa shape index (κ3) is 14.4. The molecule has 0 aliphatic rings. The maximum atomic E-state index is 10.5. The maximum Gasteiger partial charge on any atom is 0.304 e. The van der Waals surface area contributed by atoms with Gasteiger partial charge in [0.25, 0.3) is 0 Å². The van der Waals surface area contributed by atoms with E-state index >= 15 is 0 Å². The van der Waals surface area contributed by atoms with Crippen LogP contribution in [0.5, 0.6) is 0 Å². The molecule has 0 aromatic heterocycles. The van der Waals surface area contributed by atoms with E-state index in [2.05, 4.69) is 20.0 Å². The van der Waals surface area contributed by atoms with E-state index in [4.69, 9.17) is 5.11 Å². The number of aliphatic carboxylic acids is 1. The number of hydrogen-bond acceptors (Lipinski definition) is 2. The molecule has 0 aliphatic heterocycles. The first kappa shape index (κ1) is 20.0. The van der Waals surface area contributed by atoms with Crippen LogP contribution in [-0.2, 0) is 4.79 Å². The van der Waals surface area contributed by atoms with Crippen LogP contribution in [0.3, 0.4) is 0 Å². The van der Waals surface area contributed by atoms with Gasteiger partial charge in [-0.25, -0.2) is 0 Å². The highest BCUT2D eigenvalue weighted by Crippen LogP contribution is 2.21. The molecule has 4 heteroatoms. The number of rotatable bonds is 14. The van der Waals surface area contributed by atoms with Crippen LogP contribution in [-0.4, -0.2) is 30.3 Å². The van der Waals surface area contributed by atoms with Crippen molar-refractivity contribution < 1.29 is 9.90 Å². The molecule has 0 bridgehead atoms. The first-order chi connectivity index (χ1) is 9.48. The highest BCUT2D eigenvalue weighted by atomic mass is 32.2. The van der Waals surface area contributed by atoms with Crippen molar-refractivity contribution in [2.75, 3.05) is 11.1 Å². The number of carboxylic acid groups (broad SMARTS) is 1. The van der Waals surface area contributed by atoms with Crippen molar-refractivity contribution in [3.05, 3.63) is 0 Å². The molecule has 0 spiro atoms. The van der Waals surface area contributed by atoms with Gasteiger partial charge in [-0.3, -0.25) is 4.79 Å². The molecule has 0 heterocycles. The van der Waals surface area contributed by atoms with Crippen LogP contribution in [0, 0.1) is 0 Å². The Morgan fingerprint density at radius 3 is 2.10 bits per heavy atom. The van der Waals surface area contributed by atoms with Crippen molar-refractivity contribution in [2.45, 2.75) is 83.8 Å². The molecule has 20 heavy (non-hydrogen) atoms. The van der Waals surface area contributed by atoms with Gasteiger partial charge in [-0.1, -0.05) is 77.4 Å². The predicted molar refractivity (Wildman–Crippen MR) is 94.5 cm³/mol. The van der Waals surface area contributed by atoms with Crippen molar-refractivity contribution in [1.29, 1.82) is 0 Å². The minimum atomic E-state index is -1.09.